The molecule has 0 saturated carbocycles. The van der Waals surface area contributed by atoms with Crippen molar-refractivity contribution in [2.45, 2.75) is 13.0 Å². The Morgan fingerprint density at radius 2 is 1.88 bits per heavy atom. The number of nitrogens with zero attached hydrogens (tertiary/aromatic N) is 1. The summed E-state index contributed by atoms with van der Waals surface area (Å²) in [6.45, 7) is 2.35. The topological polar surface area (TPSA) is 89.2 Å². The second-order valence-electron chi connectivity index (χ2n) is 7.08. The van der Waals surface area contributed by atoms with Crippen LogP contribution in [-0.4, -0.2) is 30.5 Å². The van der Waals surface area contributed by atoms with Gasteiger partial charge in [-0.25, -0.2) is 0 Å². The molecule has 0 spiro atoms. The molecule has 1 aromatic heterocycles. The standard InChI is InChI=1S/C24H19Cl2NO6/c1-3-32-15-8-6-14(7-9-15)27-20(18-5-4-10-33-18)19(22(29)24(27)30)21(28)16-11-13(25)12-17(26)23(16)31-2/h4-12,20,28H,3H2,1-2H3/b21-19-. The molecule has 7 nitrogen and oxygen atoms in total. The molecular weight excluding hydrogens is 469 g/mol. The number of carbonyl (C=O) groups is 2. The second kappa shape index (κ2) is 9.21. The van der Waals surface area contributed by atoms with Crippen molar-refractivity contribution >= 4 is 46.3 Å². The molecular formula is C24H19Cl2NO6. The molecule has 9 heteroatoms. The van der Waals surface area contributed by atoms with Crippen LogP contribution in [0.15, 0.2) is 64.8 Å². The molecule has 0 radical (unpaired) electrons. The summed E-state index contributed by atoms with van der Waals surface area (Å²) in [5.74, 6) is -1.17. The van der Waals surface area contributed by atoms with Crippen LogP contribution in [0.3, 0.4) is 0 Å². The summed E-state index contributed by atoms with van der Waals surface area (Å²) in [4.78, 5) is 27.6. The third-order valence-electron chi connectivity index (χ3n) is 5.15. The molecule has 1 fully saturated rings. The highest BCUT2D eigenvalue weighted by Gasteiger charge is 2.48. The summed E-state index contributed by atoms with van der Waals surface area (Å²) in [6.07, 6.45) is 1.42. The van der Waals surface area contributed by atoms with Crippen LogP contribution in [0.2, 0.25) is 10.0 Å². The van der Waals surface area contributed by atoms with Crippen LogP contribution in [-0.2, 0) is 9.59 Å². The number of hydrogen-bond donors (Lipinski definition) is 1. The Bertz CT molecular complexity index is 1230. The van der Waals surface area contributed by atoms with Crippen molar-refractivity contribution in [2.75, 3.05) is 18.6 Å². The van der Waals surface area contributed by atoms with E-state index in [9.17, 15) is 14.7 Å². The van der Waals surface area contributed by atoms with Gasteiger partial charge in [-0.1, -0.05) is 23.2 Å². The smallest absolute Gasteiger partial charge is 0.300 e. The predicted octanol–water partition coefficient (Wildman–Crippen LogP) is 5.62. The fraction of sp³-hybridized carbons (Fsp3) is 0.167. The Morgan fingerprint density at radius 1 is 1.15 bits per heavy atom. The van der Waals surface area contributed by atoms with Gasteiger partial charge in [0.05, 0.1) is 36.1 Å². The van der Waals surface area contributed by atoms with E-state index in [1.165, 1.54) is 30.4 Å². The quantitative estimate of drug-likeness (QED) is 0.275. The highest BCUT2D eigenvalue weighted by atomic mass is 35.5. The van der Waals surface area contributed by atoms with Gasteiger partial charge >= 0.3 is 0 Å². The van der Waals surface area contributed by atoms with E-state index in [4.69, 9.17) is 37.1 Å². The fourth-order valence-electron chi connectivity index (χ4n) is 3.77. The predicted molar refractivity (Wildman–Crippen MR) is 124 cm³/mol. The number of ether oxygens (including phenoxy) is 2. The van der Waals surface area contributed by atoms with Crippen LogP contribution in [0.1, 0.15) is 24.3 Å². The van der Waals surface area contributed by atoms with Crippen molar-refractivity contribution in [3.8, 4) is 11.5 Å². The minimum absolute atomic E-state index is 0.0799. The van der Waals surface area contributed by atoms with Crippen LogP contribution < -0.4 is 14.4 Å². The van der Waals surface area contributed by atoms with E-state index in [1.807, 2.05) is 6.92 Å². The molecule has 0 bridgehead atoms. The maximum absolute atomic E-state index is 13.2. The maximum Gasteiger partial charge on any atom is 0.300 e. The number of carbonyl (C=O) groups excluding carboxylic acids is 2. The van der Waals surface area contributed by atoms with Crippen LogP contribution in [0.4, 0.5) is 5.69 Å². The maximum atomic E-state index is 13.2. The van der Waals surface area contributed by atoms with Crippen molar-refractivity contribution in [1.82, 2.24) is 0 Å². The van der Waals surface area contributed by atoms with Crippen molar-refractivity contribution in [3.05, 3.63) is 81.7 Å². The number of rotatable bonds is 6. The first-order valence-electron chi connectivity index (χ1n) is 9.98. The van der Waals surface area contributed by atoms with Gasteiger partial charge < -0.3 is 19.0 Å². The minimum Gasteiger partial charge on any atom is -0.507 e. The molecule has 2 heterocycles. The van der Waals surface area contributed by atoms with Crippen molar-refractivity contribution in [2.24, 2.45) is 0 Å². The Morgan fingerprint density at radius 3 is 2.48 bits per heavy atom. The van der Waals surface area contributed by atoms with Gasteiger partial charge in [-0.15, -0.1) is 0 Å². The molecule has 4 rings (SSSR count). The Hall–Kier alpha value is -3.42. The first-order chi connectivity index (χ1) is 15.9. The van der Waals surface area contributed by atoms with Gasteiger partial charge in [-0.05, 0) is 55.5 Å². The Labute approximate surface area is 199 Å². The van der Waals surface area contributed by atoms with Gasteiger partial charge in [-0.2, -0.15) is 0 Å². The first-order valence-corrected chi connectivity index (χ1v) is 10.7. The number of methoxy groups -OCH3 is 1. The molecule has 3 aromatic rings. The molecule has 1 saturated heterocycles. The number of hydrogen-bond acceptors (Lipinski definition) is 6. The summed E-state index contributed by atoms with van der Waals surface area (Å²) < 4.78 is 16.3. The summed E-state index contributed by atoms with van der Waals surface area (Å²) >= 11 is 12.3. The Balaban J connectivity index is 1.92. The first kappa shape index (κ1) is 22.8. The van der Waals surface area contributed by atoms with Crippen molar-refractivity contribution in [1.29, 1.82) is 0 Å². The van der Waals surface area contributed by atoms with E-state index in [0.717, 1.165) is 0 Å². The zero-order valence-electron chi connectivity index (χ0n) is 17.7. The second-order valence-corrected chi connectivity index (χ2v) is 7.92. The summed E-state index contributed by atoms with van der Waals surface area (Å²) in [5.41, 5.74) is 0.328. The third-order valence-corrected chi connectivity index (χ3v) is 5.65. The summed E-state index contributed by atoms with van der Waals surface area (Å²) in [5, 5.41) is 11.6. The van der Waals surface area contributed by atoms with E-state index in [1.54, 1.807) is 36.4 Å². The molecule has 170 valence electrons. The van der Waals surface area contributed by atoms with Gasteiger partial charge in [0.15, 0.2) is 0 Å². The van der Waals surface area contributed by atoms with Gasteiger partial charge in [0.1, 0.15) is 29.1 Å². The summed E-state index contributed by atoms with van der Waals surface area (Å²) in [7, 11) is 1.37. The number of halogens is 2. The average Bonchev–Trinajstić information content (AvgIpc) is 3.41. The monoisotopic (exact) mass is 487 g/mol. The van der Waals surface area contributed by atoms with Gasteiger partial charge in [0.2, 0.25) is 0 Å². The number of aliphatic hydroxyl groups is 1. The number of Topliss-reactive ketones (excluding diaryl/α,β-unsaturated/α-hetero) is 1. The summed E-state index contributed by atoms with van der Waals surface area (Å²) in [6, 6.07) is 11.8. The van der Waals surface area contributed by atoms with E-state index < -0.39 is 23.5 Å². The molecule has 1 aliphatic heterocycles. The SMILES string of the molecule is CCOc1ccc(N2C(=O)C(=O)/C(=C(\O)c3cc(Cl)cc(Cl)c3OC)C2c2ccco2)cc1. The molecule has 33 heavy (non-hydrogen) atoms. The van der Waals surface area contributed by atoms with E-state index >= 15 is 0 Å². The lowest BCUT2D eigenvalue weighted by molar-refractivity contribution is -0.132. The largest absolute Gasteiger partial charge is 0.507 e. The van der Waals surface area contributed by atoms with Crippen LogP contribution in [0.25, 0.3) is 5.76 Å². The van der Waals surface area contributed by atoms with E-state index in [0.29, 0.717) is 18.0 Å². The molecule has 1 unspecified atom stereocenters. The van der Waals surface area contributed by atoms with Gasteiger partial charge in [0.25, 0.3) is 11.7 Å². The molecule has 1 amide bonds. The van der Waals surface area contributed by atoms with E-state index in [2.05, 4.69) is 0 Å². The minimum atomic E-state index is -1.03. The highest BCUT2D eigenvalue weighted by Crippen LogP contribution is 2.45. The number of benzene rings is 2. The lowest BCUT2D eigenvalue weighted by Gasteiger charge is -2.23. The van der Waals surface area contributed by atoms with Crippen LogP contribution in [0.5, 0.6) is 11.5 Å². The van der Waals surface area contributed by atoms with Gasteiger partial charge in [0, 0.05) is 10.7 Å². The number of anilines is 1. The molecule has 1 N–H and O–H groups in total. The van der Waals surface area contributed by atoms with Gasteiger partial charge in [-0.3, -0.25) is 14.5 Å². The van der Waals surface area contributed by atoms with Crippen LogP contribution >= 0.6 is 23.2 Å². The number of amides is 1. The number of aliphatic hydroxyl groups excluding tert-OH is 1. The normalized spacial score (nSPS) is 17.5. The number of ketones is 1. The molecule has 0 aliphatic carbocycles. The zero-order chi connectivity index (χ0) is 23.7. The Kier molecular flexibility index (Phi) is 6.35. The lowest BCUT2D eigenvalue weighted by atomic mass is 9.98. The highest BCUT2D eigenvalue weighted by molar-refractivity contribution is 6.51. The molecule has 1 aliphatic rings. The lowest BCUT2D eigenvalue weighted by Crippen LogP contribution is -2.29. The van der Waals surface area contributed by atoms with E-state index in [-0.39, 0.29) is 32.7 Å². The molecule has 1 atom stereocenters. The molecule has 2 aromatic carbocycles. The zero-order valence-corrected chi connectivity index (χ0v) is 19.2. The van der Waals surface area contributed by atoms with Crippen molar-refractivity contribution in [3.63, 3.8) is 0 Å². The average molecular weight is 488 g/mol. The van der Waals surface area contributed by atoms with Crippen molar-refractivity contribution < 1.29 is 28.6 Å². The number of furan rings is 1. The third kappa shape index (κ3) is 4.05. The van der Waals surface area contributed by atoms with Crippen LogP contribution in [0, 0.1) is 0 Å². The fourth-order valence-corrected chi connectivity index (χ4v) is 4.34.